The summed E-state index contributed by atoms with van der Waals surface area (Å²) in [6.07, 6.45) is 2.62. The average molecular weight is 329 g/mol. The fourth-order valence-electron chi connectivity index (χ4n) is 1.82. The molecule has 0 aromatic heterocycles. The van der Waals surface area contributed by atoms with E-state index in [1.807, 2.05) is 18.2 Å². The van der Waals surface area contributed by atoms with Crippen molar-refractivity contribution in [2.45, 2.75) is 18.9 Å². The molecule has 0 atom stereocenters. The zero-order valence-electron chi connectivity index (χ0n) is 10.4. The number of ether oxygens (including phenoxy) is 1. The molecule has 98 valence electrons. The summed E-state index contributed by atoms with van der Waals surface area (Å²) in [5.74, 6) is 0.759. The van der Waals surface area contributed by atoms with Crippen LogP contribution in [0.15, 0.2) is 22.7 Å². The summed E-state index contributed by atoms with van der Waals surface area (Å²) in [5, 5.41) is 0. The van der Waals surface area contributed by atoms with E-state index in [0.29, 0.717) is 11.6 Å². The Hall–Kier alpha value is -0.650. The fourth-order valence-corrected chi connectivity index (χ4v) is 2.34. The second kappa shape index (κ2) is 5.99. The normalized spacial score (nSPS) is 14.8. The van der Waals surface area contributed by atoms with Crippen LogP contribution < -0.4 is 10.5 Å². The molecule has 1 saturated carbocycles. The molecule has 0 bridgehead atoms. The Morgan fingerprint density at radius 3 is 2.89 bits per heavy atom. The number of thiocarbonyl (C=S) groups is 1. The number of nitrogens with two attached hydrogens (primary N) is 1. The lowest BCUT2D eigenvalue weighted by atomic mass is 10.2. The standard InChI is InChI=1S/C13H17BrN2OS/c1-16(10-3-4-10)6-7-17-12-5-2-9(14)8-11(12)13(15)18/h2,5,8,10H,3-4,6-7H2,1H3,(H2,15,18). The summed E-state index contributed by atoms with van der Waals surface area (Å²) >= 11 is 8.43. The van der Waals surface area contributed by atoms with Crippen LogP contribution in [0.25, 0.3) is 0 Å². The van der Waals surface area contributed by atoms with Crippen LogP contribution in [0.1, 0.15) is 18.4 Å². The van der Waals surface area contributed by atoms with Crippen molar-refractivity contribution < 1.29 is 4.74 Å². The minimum atomic E-state index is 0.363. The van der Waals surface area contributed by atoms with Gasteiger partial charge in [0.15, 0.2) is 0 Å². The molecule has 1 aromatic rings. The maximum Gasteiger partial charge on any atom is 0.129 e. The molecule has 5 heteroatoms. The van der Waals surface area contributed by atoms with Gasteiger partial charge in [0.05, 0.1) is 5.56 Å². The van der Waals surface area contributed by atoms with Crippen molar-refractivity contribution in [2.75, 3.05) is 20.2 Å². The third-order valence-electron chi connectivity index (χ3n) is 3.08. The van der Waals surface area contributed by atoms with Crippen molar-refractivity contribution in [3.8, 4) is 5.75 Å². The number of hydrogen-bond acceptors (Lipinski definition) is 3. The summed E-state index contributed by atoms with van der Waals surface area (Å²) in [6, 6.07) is 6.48. The number of nitrogens with zero attached hydrogens (tertiary/aromatic N) is 1. The van der Waals surface area contributed by atoms with E-state index in [0.717, 1.165) is 28.4 Å². The molecule has 0 unspecified atom stereocenters. The molecule has 1 aromatic carbocycles. The monoisotopic (exact) mass is 328 g/mol. The predicted octanol–water partition coefficient (Wildman–Crippen LogP) is 2.56. The SMILES string of the molecule is CN(CCOc1ccc(Br)cc1C(N)=S)C1CC1. The zero-order valence-corrected chi connectivity index (χ0v) is 12.8. The highest BCUT2D eigenvalue weighted by Crippen LogP contribution is 2.26. The lowest BCUT2D eigenvalue weighted by molar-refractivity contribution is 0.231. The summed E-state index contributed by atoms with van der Waals surface area (Å²) in [6.45, 7) is 1.59. The quantitative estimate of drug-likeness (QED) is 0.814. The molecule has 2 N–H and O–H groups in total. The minimum Gasteiger partial charge on any atom is -0.492 e. The van der Waals surface area contributed by atoms with Crippen LogP contribution in [-0.4, -0.2) is 36.1 Å². The smallest absolute Gasteiger partial charge is 0.129 e. The van der Waals surface area contributed by atoms with Gasteiger partial charge in [0.1, 0.15) is 17.3 Å². The Morgan fingerprint density at radius 1 is 1.56 bits per heavy atom. The Balaban J connectivity index is 1.93. The highest BCUT2D eigenvalue weighted by molar-refractivity contribution is 9.10. The van der Waals surface area contributed by atoms with Crippen LogP contribution in [0.2, 0.25) is 0 Å². The van der Waals surface area contributed by atoms with Crippen molar-refractivity contribution in [3.63, 3.8) is 0 Å². The van der Waals surface area contributed by atoms with Gasteiger partial charge in [-0.2, -0.15) is 0 Å². The first-order chi connectivity index (χ1) is 8.58. The van der Waals surface area contributed by atoms with Gasteiger partial charge in [-0.3, -0.25) is 0 Å². The second-order valence-corrected chi connectivity index (χ2v) is 5.92. The highest BCUT2D eigenvalue weighted by Gasteiger charge is 2.25. The van der Waals surface area contributed by atoms with Crippen molar-refractivity contribution in [1.82, 2.24) is 4.90 Å². The van der Waals surface area contributed by atoms with E-state index < -0.39 is 0 Å². The Morgan fingerprint density at radius 2 is 2.28 bits per heavy atom. The molecule has 2 rings (SSSR count). The van der Waals surface area contributed by atoms with Gasteiger partial charge in [-0.1, -0.05) is 28.1 Å². The van der Waals surface area contributed by atoms with E-state index in [2.05, 4.69) is 27.9 Å². The second-order valence-electron chi connectivity index (χ2n) is 4.56. The summed E-state index contributed by atoms with van der Waals surface area (Å²) in [4.78, 5) is 2.70. The topological polar surface area (TPSA) is 38.5 Å². The van der Waals surface area contributed by atoms with Gasteiger partial charge in [-0.15, -0.1) is 0 Å². The molecule has 18 heavy (non-hydrogen) atoms. The van der Waals surface area contributed by atoms with Gasteiger partial charge in [0.2, 0.25) is 0 Å². The highest BCUT2D eigenvalue weighted by atomic mass is 79.9. The summed E-state index contributed by atoms with van der Waals surface area (Å²) < 4.78 is 6.72. The number of hydrogen-bond donors (Lipinski definition) is 1. The van der Waals surface area contributed by atoms with Gasteiger partial charge in [-0.05, 0) is 38.1 Å². The molecule has 1 aliphatic rings. The Labute approximate surface area is 121 Å². The van der Waals surface area contributed by atoms with E-state index in [4.69, 9.17) is 22.7 Å². The summed E-state index contributed by atoms with van der Waals surface area (Å²) in [7, 11) is 2.14. The predicted molar refractivity (Wildman–Crippen MR) is 81.2 cm³/mol. The molecular formula is C13H17BrN2OS. The minimum absolute atomic E-state index is 0.363. The fraction of sp³-hybridized carbons (Fsp3) is 0.462. The molecule has 0 saturated heterocycles. The molecule has 0 amide bonds. The molecule has 0 aliphatic heterocycles. The number of halogens is 1. The van der Waals surface area contributed by atoms with Crippen molar-refractivity contribution in [2.24, 2.45) is 5.73 Å². The first-order valence-electron chi connectivity index (χ1n) is 6.00. The zero-order chi connectivity index (χ0) is 13.1. The number of likely N-dealkylation sites (N-methyl/N-ethyl adjacent to an activating group) is 1. The third kappa shape index (κ3) is 3.67. The molecule has 1 fully saturated rings. The van der Waals surface area contributed by atoms with E-state index in [1.165, 1.54) is 12.8 Å². The molecule has 3 nitrogen and oxygen atoms in total. The lowest BCUT2D eigenvalue weighted by Crippen LogP contribution is -2.26. The molecule has 0 spiro atoms. The average Bonchev–Trinajstić information content (AvgIpc) is 3.14. The van der Waals surface area contributed by atoms with E-state index in [1.54, 1.807) is 0 Å². The van der Waals surface area contributed by atoms with Gasteiger partial charge < -0.3 is 15.4 Å². The van der Waals surface area contributed by atoms with E-state index in [9.17, 15) is 0 Å². The largest absolute Gasteiger partial charge is 0.492 e. The van der Waals surface area contributed by atoms with Gasteiger partial charge in [0.25, 0.3) is 0 Å². The van der Waals surface area contributed by atoms with E-state index in [-0.39, 0.29) is 0 Å². The van der Waals surface area contributed by atoms with Crippen LogP contribution in [0.4, 0.5) is 0 Å². The molecular weight excluding hydrogens is 312 g/mol. The maximum atomic E-state index is 5.77. The Bertz CT molecular complexity index is 449. The van der Waals surface area contributed by atoms with Crippen LogP contribution in [0.5, 0.6) is 5.75 Å². The number of benzene rings is 1. The van der Waals surface area contributed by atoms with Gasteiger partial charge in [-0.25, -0.2) is 0 Å². The van der Waals surface area contributed by atoms with E-state index >= 15 is 0 Å². The first kappa shape index (κ1) is 13.8. The first-order valence-corrected chi connectivity index (χ1v) is 7.20. The van der Waals surface area contributed by atoms with Gasteiger partial charge >= 0.3 is 0 Å². The van der Waals surface area contributed by atoms with Crippen LogP contribution in [0, 0.1) is 0 Å². The van der Waals surface area contributed by atoms with Crippen LogP contribution in [0.3, 0.4) is 0 Å². The maximum absolute atomic E-state index is 5.77. The molecule has 0 radical (unpaired) electrons. The summed E-state index contributed by atoms with van der Waals surface area (Å²) in [5.41, 5.74) is 6.48. The third-order valence-corrected chi connectivity index (χ3v) is 3.79. The molecule has 1 aliphatic carbocycles. The number of rotatable bonds is 6. The van der Waals surface area contributed by atoms with Crippen molar-refractivity contribution in [3.05, 3.63) is 28.2 Å². The Kier molecular flexibility index (Phi) is 4.59. The van der Waals surface area contributed by atoms with Crippen LogP contribution >= 0.6 is 28.1 Å². The van der Waals surface area contributed by atoms with Crippen molar-refractivity contribution in [1.29, 1.82) is 0 Å². The van der Waals surface area contributed by atoms with Crippen LogP contribution in [-0.2, 0) is 0 Å². The molecule has 0 heterocycles. The van der Waals surface area contributed by atoms with Crippen molar-refractivity contribution >= 4 is 33.1 Å². The van der Waals surface area contributed by atoms with Gasteiger partial charge in [0, 0.05) is 17.1 Å². The lowest BCUT2D eigenvalue weighted by Gasteiger charge is -2.17.